The molecular formula is C21H24N4O3. The van der Waals surface area contributed by atoms with Gasteiger partial charge >= 0.3 is 5.69 Å². The number of benzene rings is 2. The average Bonchev–Trinajstić information content (AvgIpc) is 3.04. The molecule has 2 aromatic carbocycles. The summed E-state index contributed by atoms with van der Waals surface area (Å²) in [6, 6.07) is 11.2. The fourth-order valence-corrected chi connectivity index (χ4v) is 3.12. The number of aryl methyl sites for hydroxylation is 3. The van der Waals surface area contributed by atoms with Crippen LogP contribution in [0.5, 0.6) is 5.75 Å². The summed E-state index contributed by atoms with van der Waals surface area (Å²) in [5.74, 6) is 0.811. The lowest BCUT2D eigenvalue weighted by molar-refractivity contribution is 0.0988. The van der Waals surface area contributed by atoms with E-state index in [9.17, 15) is 9.59 Å². The molecule has 0 atom stereocenters. The minimum Gasteiger partial charge on any atom is -0.489 e. The lowest BCUT2D eigenvalue weighted by Gasteiger charge is -2.15. The molecule has 0 saturated carbocycles. The number of hydrogen-bond acceptors (Lipinski definition) is 5. The van der Waals surface area contributed by atoms with Crippen molar-refractivity contribution in [3.05, 3.63) is 69.1 Å². The SMILES string of the molecule is CCC(=O)c1ccc(OCc2c(CC)cccc2-n2nnn(C)c2=O)c(C)c1. The Morgan fingerprint density at radius 1 is 1.14 bits per heavy atom. The quantitative estimate of drug-likeness (QED) is 0.589. The molecule has 0 amide bonds. The molecule has 0 aliphatic heterocycles. The summed E-state index contributed by atoms with van der Waals surface area (Å²) in [7, 11) is 1.56. The van der Waals surface area contributed by atoms with Crippen LogP contribution < -0.4 is 10.4 Å². The predicted molar refractivity (Wildman–Crippen MR) is 106 cm³/mol. The number of rotatable bonds is 7. The molecular weight excluding hydrogens is 356 g/mol. The molecule has 28 heavy (non-hydrogen) atoms. The summed E-state index contributed by atoms with van der Waals surface area (Å²) in [5.41, 5.74) is 3.90. The zero-order valence-corrected chi connectivity index (χ0v) is 16.6. The van der Waals surface area contributed by atoms with Gasteiger partial charge in [-0.05, 0) is 59.2 Å². The van der Waals surface area contributed by atoms with E-state index in [2.05, 4.69) is 17.4 Å². The molecule has 1 heterocycles. The first-order chi connectivity index (χ1) is 13.5. The van der Waals surface area contributed by atoms with E-state index in [1.165, 1.54) is 9.36 Å². The van der Waals surface area contributed by atoms with Crippen molar-refractivity contribution in [2.75, 3.05) is 0 Å². The van der Waals surface area contributed by atoms with Gasteiger partial charge in [0.05, 0.1) is 5.69 Å². The summed E-state index contributed by atoms with van der Waals surface area (Å²) in [5, 5.41) is 7.76. The molecule has 0 spiro atoms. The first-order valence-electron chi connectivity index (χ1n) is 9.33. The van der Waals surface area contributed by atoms with E-state index < -0.39 is 0 Å². The van der Waals surface area contributed by atoms with E-state index in [4.69, 9.17) is 4.74 Å². The molecule has 0 radical (unpaired) electrons. The van der Waals surface area contributed by atoms with E-state index in [0.717, 1.165) is 23.1 Å². The van der Waals surface area contributed by atoms with Gasteiger partial charge in [0.2, 0.25) is 0 Å². The van der Waals surface area contributed by atoms with Crippen LogP contribution in [0.25, 0.3) is 5.69 Å². The van der Waals surface area contributed by atoms with Crippen molar-refractivity contribution in [2.45, 2.75) is 40.2 Å². The zero-order valence-electron chi connectivity index (χ0n) is 16.6. The maximum atomic E-state index is 12.3. The van der Waals surface area contributed by atoms with Crippen molar-refractivity contribution in [1.82, 2.24) is 19.8 Å². The number of ketones is 1. The maximum Gasteiger partial charge on any atom is 0.368 e. The standard InChI is InChI=1S/C21H24N4O3/c1-5-15-8-7-9-18(25-21(27)24(4)22-23-25)17(15)13-28-20-11-10-16(12-14(20)3)19(26)6-2/h7-12H,5-6,13H2,1-4H3. The van der Waals surface area contributed by atoms with Crippen molar-refractivity contribution < 1.29 is 9.53 Å². The number of Topliss-reactive ketones (excluding diaryl/α,β-unsaturated/α-hetero) is 1. The average molecular weight is 380 g/mol. The molecule has 0 fully saturated rings. The van der Waals surface area contributed by atoms with Crippen LogP contribution in [-0.2, 0) is 20.1 Å². The second-order valence-corrected chi connectivity index (χ2v) is 6.61. The number of tetrazole rings is 1. The van der Waals surface area contributed by atoms with Crippen molar-refractivity contribution in [2.24, 2.45) is 7.05 Å². The van der Waals surface area contributed by atoms with E-state index in [-0.39, 0.29) is 18.1 Å². The first kappa shape index (κ1) is 19.5. The van der Waals surface area contributed by atoms with E-state index >= 15 is 0 Å². The number of aromatic nitrogens is 4. The number of hydrogen-bond donors (Lipinski definition) is 0. The number of ether oxygens (including phenoxy) is 1. The lowest BCUT2D eigenvalue weighted by atomic mass is 10.0. The van der Waals surface area contributed by atoms with Gasteiger partial charge < -0.3 is 4.74 Å². The Kier molecular flexibility index (Phi) is 5.73. The summed E-state index contributed by atoms with van der Waals surface area (Å²) >= 11 is 0. The molecule has 146 valence electrons. The van der Waals surface area contributed by atoms with Crippen LogP contribution in [0.3, 0.4) is 0 Å². The highest BCUT2D eigenvalue weighted by molar-refractivity contribution is 5.96. The van der Waals surface area contributed by atoms with Gasteiger partial charge in [0.1, 0.15) is 12.4 Å². The van der Waals surface area contributed by atoms with Crippen molar-refractivity contribution in [3.63, 3.8) is 0 Å². The molecule has 0 aliphatic rings. The monoisotopic (exact) mass is 380 g/mol. The highest BCUT2D eigenvalue weighted by Crippen LogP contribution is 2.24. The van der Waals surface area contributed by atoms with Crippen LogP contribution in [0.1, 0.15) is 47.3 Å². The van der Waals surface area contributed by atoms with Crippen molar-refractivity contribution in [3.8, 4) is 11.4 Å². The molecule has 3 rings (SSSR count). The van der Waals surface area contributed by atoms with Crippen molar-refractivity contribution >= 4 is 5.78 Å². The third kappa shape index (κ3) is 3.74. The van der Waals surface area contributed by atoms with Gasteiger partial charge in [0.15, 0.2) is 5.78 Å². The van der Waals surface area contributed by atoms with Crippen LogP contribution in [0.2, 0.25) is 0 Å². The van der Waals surface area contributed by atoms with Gasteiger partial charge in [-0.15, -0.1) is 0 Å². The molecule has 7 nitrogen and oxygen atoms in total. The largest absolute Gasteiger partial charge is 0.489 e. The Bertz CT molecular complexity index is 1070. The maximum absolute atomic E-state index is 12.3. The zero-order chi connectivity index (χ0) is 20.3. The first-order valence-corrected chi connectivity index (χ1v) is 9.33. The summed E-state index contributed by atoms with van der Waals surface area (Å²) in [4.78, 5) is 24.2. The van der Waals surface area contributed by atoms with E-state index in [0.29, 0.717) is 23.4 Å². The summed E-state index contributed by atoms with van der Waals surface area (Å²) in [6.07, 6.45) is 1.27. The van der Waals surface area contributed by atoms with Crippen LogP contribution in [0, 0.1) is 6.92 Å². The molecule has 0 N–H and O–H groups in total. The fourth-order valence-electron chi connectivity index (χ4n) is 3.12. The van der Waals surface area contributed by atoms with Crippen LogP contribution in [0.4, 0.5) is 0 Å². The van der Waals surface area contributed by atoms with Crippen molar-refractivity contribution in [1.29, 1.82) is 0 Å². The van der Waals surface area contributed by atoms with Gasteiger partial charge in [-0.2, -0.15) is 9.36 Å². The molecule has 0 unspecified atom stereocenters. The lowest BCUT2D eigenvalue weighted by Crippen LogP contribution is -2.23. The van der Waals surface area contributed by atoms with E-state index in [1.54, 1.807) is 13.1 Å². The summed E-state index contributed by atoms with van der Waals surface area (Å²) in [6.45, 7) is 6.10. The van der Waals surface area contributed by atoms with Gasteiger partial charge in [0, 0.05) is 24.6 Å². The highest BCUT2D eigenvalue weighted by atomic mass is 16.5. The minimum absolute atomic E-state index is 0.107. The highest BCUT2D eigenvalue weighted by Gasteiger charge is 2.15. The van der Waals surface area contributed by atoms with Crippen LogP contribution >= 0.6 is 0 Å². The number of nitrogens with zero attached hydrogens (tertiary/aromatic N) is 4. The predicted octanol–water partition coefficient (Wildman–Crippen LogP) is 3.01. The Morgan fingerprint density at radius 2 is 1.93 bits per heavy atom. The minimum atomic E-state index is -0.312. The molecule has 0 aliphatic carbocycles. The Hall–Kier alpha value is -3.22. The Labute approximate surface area is 163 Å². The molecule has 0 bridgehead atoms. The second-order valence-electron chi connectivity index (χ2n) is 6.61. The van der Waals surface area contributed by atoms with Crippen LogP contribution in [-0.4, -0.2) is 25.6 Å². The third-order valence-corrected chi connectivity index (χ3v) is 4.77. The molecule has 0 saturated heterocycles. The fraction of sp³-hybridized carbons (Fsp3) is 0.333. The Balaban J connectivity index is 1.94. The second kappa shape index (κ2) is 8.21. The smallest absolute Gasteiger partial charge is 0.368 e. The van der Waals surface area contributed by atoms with Crippen LogP contribution in [0.15, 0.2) is 41.2 Å². The van der Waals surface area contributed by atoms with E-state index in [1.807, 2.05) is 44.2 Å². The summed E-state index contributed by atoms with van der Waals surface area (Å²) < 4.78 is 8.54. The molecule has 7 heteroatoms. The van der Waals surface area contributed by atoms with Gasteiger partial charge in [-0.1, -0.05) is 26.0 Å². The molecule has 1 aromatic heterocycles. The Morgan fingerprint density at radius 3 is 2.54 bits per heavy atom. The topological polar surface area (TPSA) is 79.0 Å². The number of carbonyl (C=O) groups excluding carboxylic acids is 1. The van der Waals surface area contributed by atoms with Gasteiger partial charge in [-0.25, -0.2) is 4.79 Å². The van der Waals surface area contributed by atoms with Gasteiger partial charge in [-0.3, -0.25) is 4.79 Å². The third-order valence-electron chi connectivity index (χ3n) is 4.77. The molecule has 3 aromatic rings. The normalized spacial score (nSPS) is 10.9. The number of carbonyl (C=O) groups is 1. The van der Waals surface area contributed by atoms with Gasteiger partial charge in [0.25, 0.3) is 0 Å².